The fraction of sp³-hybridized carbons (Fsp3) is 0.462. The van der Waals surface area contributed by atoms with E-state index in [4.69, 9.17) is 4.74 Å². The molecule has 202 valence electrons. The zero-order valence-electron chi connectivity index (χ0n) is 21.8. The van der Waals surface area contributed by atoms with Crippen LogP contribution in [-0.4, -0.2) is 52.6 Å². The van der Waals surface area contributed by atoms with Gasteiger partial charge in [-0.05, 0) is 0 Å². The number of nitrogens with zero attached hydrogens (tertiary/aromatic N) is 3. The van der Waals surface area contributed by atoms with Crippen LogP contribution in [0.5, 0.6) is 11.5 Å². The summed E-state index contributed by atoms with van der Waals surface area (Å²) in [5, 5.41) is 17.2. The molecule has 0 spiro atoms. The number of aromatic nitrogens is 3. The van der Waals surface area contributed by atoms with Gasteiger partial charge in [-0.2, -0.15) is 0 Å². The topological polar surface area (TPSA) is 133 Å². The van der Waals surface area contributed by atoms with Gasteiger partial charge in [-0.15, -0.1) is 0 Å². The van der Waals surface area contributed by atoms with Gasteiger partial charge in [0, 0.05) is 6.26 Å². The van der Waals surface area contributed by atoms with E-state index in [1.165, 1.54) is 24.4 Å². The Balaban J connectivity index is 1.57. The molecule has 2 aromatic heterocycles. The first-order valence-electron chi connectivity index (χ1n) is 12.6. The fourth-order valence-electron chi connectivity index (χ4n) is 4.82. The summed E-state index contributed by atoms with van der Waals surface area (Å²) in [4.78, 5) is 26.5. The second-order valence-corrected chi connectivity index (χ2v) is 12.6. The normalized spacial score (nSPS) is 15.3. The third-order valence-corrected chi connectivity index (χ3v) is 7.63. The Morgan fingerprint density at radius 3 is 2.63 bits per heavy atom. The van der Waals surface area contributed by atoms with Gasteiger partial charge in [-0.3, -0.25) is 0 Å². The van der Waals surface area contributed by atoms with E-state index in [1.54, 1.807) is 49.8 Å². The standard InChI is InChI=1S/C26H33BN4O6S/c1-26(2,34)17-30-13-12-23(27-30)29-25(33)20(14-18-8-4-5-9-18)31-24(32)15-19(16-28-31)37-21-10-6-7-11-22(21)38(3,35)36/h6-7,10-13,15-16,18,20,34H,4-5,8-9,14,17H2,1-3H3,(H,29,33). The van der Waals surface area contributed by atoms with Crippen molar-refractivity contribution in [3.05, 3.63) is 59.1 Å². The van der Waals surface area contributed by atoms with Crippen LogP contribution in [0.2, 0.25) is 0 Å². The molecule has 0 bridgehead atoms. The number of sulfone groups is 1. The van der Waals surface area contributed by atoms with Crippen molar-refractivity contribution < 1.29 is 23.1 Å². The minimum atomic E-state index is -3.55. The van der Waals surface area contributed by atoms with E-state index in [9.17, 15) is 23.1 Å². The van der Waals surface area contributed by atoms with Crippen LogP contribution in [0.15, 0.2) is 58.5 Å². The summed E-state index contributed by atoms with van der Waals surface area (Å²) < 4.78 is 32.8. The molecule has 2 heterocycles. The molecular weight excluding hydrogens is 507 g/mol. The monoisotopic (exact) mass is 540 g/mol. The molecule has 10 nitrogen and oxygen atoms in total. The Morgan fingerprint density at radius 1 is 1.26 bits per heavy atom. The van der Waals surface area contributed by atoms with Crippen molar-refractivity contribution in [2.24, 2.45) is 5.92 Å². The summed E-state index contributed by atoms with van der Waals surface area (Å²) in [5.41, 5.74) is -0.882. The molecular formula is C26H33BN4O6S. The number of carbonyl (C=O) groups excluding carboxylic acids is 1. The third kappa shape index (κ3) is 7.19. The summed E-state index contributed by atoms with van der Waals surface area (Å²) in [7, 11) is -1.81. The summed E-state index contributed by atoms with van der Waals surface area (Å²) >= 11 is 0. The fourth-order valence-corrected chi connectivity index (χ4v) is 5.62. The molecule has 1 aliphatic carbocycles. The molecule has 1 fully saturated rings. The van der Waals surface area contributed by atoms with Crippen molar-refractivity contribution in [1.29, 1.82) is 0 Å². The molecule has 3 aromatic rings. The van der Waals surface area contributed by atoms with E-state index in [0.29, 0.717) is 24.5 Å². The van der Waals surface area contributed by atoms with Crippen molar-refractivity contribution >= 4 is 28.4 Å². The number of anilines is 1. The van der Waals surface area contributed by atoms with Crippen molar-refractivity contribution in [2.45, 2.75) is 69.0 Å². The van der Waals surface area contributed by atoms with E-state index < -0.39 is 27.0 Å². The number of nitrogens with one attached hydrogen (secondary N) is 1. The average molecular weight is 540 g/mol. The van der Waals surface area contributed by atoms with Gasteiger partial charge < -0.3 is 0 Å². The molecule has 1 atom stereocenters. The van der Waals surface area contributed by atoms with Crippen molar-refractivity contribution in [3.8, 4) is 11.5 Å². The number of carbonyl (C=O) groups is 1. The van der Waals surface area contributed by atoms with Gasteiger partial charge in [0.25, 0.3) is 0 Å². The average Bonchev–Trinajstić information content (AvgIpc) is 3.48. The Morgan fingerprint density at radius 2 is 1.97 bits per heavy atom. The zero-order valence-corrected chi connectivity index (χ0v) is 22.6. The van der Waals surface area contributed by atoms with Crippen LogP contribution >= 0.6 is 0 Å². The molecule has 2 N–H and O–H groups in total. The zero-order chi connectivity index (χ0) is 27.5. The van der Waals surface area contributed by atoms with Crippen LogP contribution in [0, 0.1) is 5.92 Å². The predicted octanol–water partition coefficient (Wildman–Crippen LogP) is 3.11. The van der Waals surface area contributed by atoms with Crippen molar-refractivity contribution in [3.63, 3.8) is 0 Å². The molecule has 1 amide bonds. The van der Waals surface area contributed by atoms with Crippen LogP contribution in [0.4, 0.5) is 5.58 Å². The van der Waals surface area contributed by atoms with Gasteiger partial charge in [0.05, 0.1) is 0 Å². The summed E-state index contributed by atoms with van der Waals surface area (Å²) in [5.74, 6) is 0.108. The van der Waals surface area contributed by atoms with Gasteiger partial charge in [-0.1, -0.05) is 6.07 Å². The summed E-state index contributed by atoms with van der Waals surface area (Å²) in [6, 6.07) is 8.27. The van der Waals surface area contributed by atoms with Gasteiger partial charge in [-0.25, -0.2) is 8.42 Å². The second kappa shape index (κ2) is 11.2. The number of hydrogen-bond donors (Lipinski definition) is 2. The maximum absolute atomic E-state index is 13.4. The van der Waals surface area contributed by atoms with Crippen molar-refractivity contribution in [1.82, 2.24) is 14.3 Å². The van der Waals surface area contributed by atoms with Crippen LogP contribution in [0.25, 0.3) is 0 Å². The van der Waals surface area contributed by atoms with Gasteiger partial charge in [0.15, 0.2) is 0 Å². The molecule has 1 saturated carbocycles. The van der Waals surface area contributed by atoms with E-state index in [-0.39, 0.29) is 22.3 Å². The Kier molecular flexibility index (Phi) is 8.22. The van der Waals surface area contributed by atoms with Crippen LogP contribution in [0.3, 0.4) is 0 Å². The Labute approximate surface area is 222 Å². The molecule has 0 aliphatic heterocycles. The number of benzene rings is 1. The van der Waals surface area contributed by atoms with Gasteiger partial charge in [0.1, 0.15) is 0 Å². The Hall–Kier alpha value is -3.25. The van der Waals surface area contributed by atoms with E-state index in [2.05, 4.69) is 10.4 Å². The SMILES string of the molecule is CC(C)(O)Cn1bc(NC(=O)C(CC2CCCC2)n2ncc(Oc3ccccc3S(C)(=O)=O)cc2=O)cc1. The number of para-hydroxylation sites is 1. The second-order valence-electron chi connectivity index (χ2n) is 10.6. The van der Waals surface area contributed by atoms with E-state index in [1.807, 2.05) is 0 Å². The third-order valence-electron chi connectivity index (χ3n) is 6.49. The quantitative estimate of drug-likeness (QED) is 0.404. The maximum atomic E-state index is 13.4. The molecule has 0 radical (unpaired) electrons. The summed E-state index contributed by atoms with van der Waals surface area (Å²) in [6.45, 7) is 3.77. The first-order valence-corrected chi connectivity index (χ1v) is 14.5. The minimum absolute atomic E-state index is 0.000751. The predicted molar refractivity (Wildman–Crippen MR) is 144 cm³/mol. The molecule has 1 unspecified atom stereocenters. The Bertz CT molecular complexity index is 1450. The number of rotatable bonds is 10. The molecule has 1 aromatic carbocycles. The van der Waals surface area contributed by atoms with Crippen LogP contribution < -0.4 is 15.6 Å². The first-order chi connectivity index (χ1) is 17.9. The summed E-state index contributed by atoms with van der Waals surface area (Å²) in [6.07, 6.45) is 8.80. The first kappa shape index (κ1) is 27.8. The number of hydrogen-bond acceptors (Lipinski definition) is 7. The number of ether oxygens (including phenoxy) is 1. The molecule has 1 aliphatic rings. The van der Waals surface area contributed by atoms with Gasteiger partial charge in [0.2, 0.25) is 0 Å². The van der Waals surface area contributed by atoms with Crippen LogP contribution in [-0.2, 0) is 21.2 Å². The number of aliphatic hydroxyl groups is 1. The van der Waals surface area contributed by atoms with Crippen molar-refractivity contribution in [2.75, 3.05) is 11.6 Å². The number of amides is 1. The molecule has 12 heteroatoms. The molecule has 0 saturated heterocycles. The van der Waals surface area contributed by atoms with Crippen LogP contribution in [0.1, 0.15) is 52.0 Å². The van der Waals surface area contributed by atoms with E-state index >= 15 is 0 Å². The van der Waals surface area contributed by atoms with Gasteiger partial charge >= 0.3 is 202 Å². The molecule has 4 rings (SSSR count). The molecule has 38 heavy (non-hydrogen) atoms. The van der Waals surface area contributed by atoms with E-state index in [0.717, 1.165) is 36.6 Å².